The molecule has 0 spiro atoms. The standard InChI is InChI=1S/C8H12F3NO2/c1-5-2-3-12(4-6(5)13)7(14)8(9,10)11/h5-6,13H,2-4H2,1H3. The first kappa shape index (κ1) is 11.3. The SMILES string of the molecule is CC1CCN(C(=O)C(F)(F)F)CC1O. The molecule has 82 valence electrons. The Morgan fingerprint density at radius 3 is 2.50 bits per heavy atom. The number of likely N-dealkylation sites (tertiary alicyclic amines) is 1. The lowest BCUT2D eigenvalue weighted by Gasteiger charge is -2.34. The first-order chi connectivity index (χ1) is 6.32. The Morgan fingerprint density at radius 2 is 2.07 bits per heavy atom. The Labute approximate surface area is 79.5 Å². The van der Waals surface area contributed by atoms with Gasteiger partial charge in [0, 0.05) is 13.1 Å². The van der Waals surface area contributed by atoms with Gasteiger partial charge in [0.15, 0.2) is 0 Å². The summed E-state index contributed by atoms with van der Waals surface area (Å²) in [5.74, 6) is -1.91. The molecule has 0 bridgehead atoms. The highest BCUT2D eigenvalue weighted by atomic mass is 19.4. The van der Waals surface area contributed by atoms with Crippen LogP contribution in [-0.2, 0) is 4.79 Å². The minimum Gasteiger partial charge on any atom is -0.391 e. The lowest BCUT2D eigenvalue weighted by Crippen LogP contribution is -2.50. The van der Waals surface area contributed by atoms with Gasteiger partial charge >= 0.3 is 12.1 Å². The van der Waals surface area contributed by atoms with Gasteiger partial charge in [-0.05, 0) is 12.3 Å². The molecule has 1 N–H and O–H groups in total. The van der Waals surface area contributed by atoms with E-state index in [9.17, 15) is 23.1 Å². The van der Waals surface area contributed by atoms with Crippen LogP contribution in [0.15, 0.2) is 0 Å². The Kier molecular flexibility index (Phi) is 3.04. The number of hydrogen-bond acceptors (Lipinski definition) is 2. The zero-order valence-corrected chi connectivity index (χ0v) is 7.71. The third-order valence-electron chi connectivity index (χ3n) is 2.45. The van der Waals surface area contributed by atoms with E-state index in [1.807, 2.05) is 0 Å². The van der Waals surface area contributed by atoms with Crippen LogP contribution in [0.1, 0.15) is 13.3 Å². The molecule has 0 aromatic heterocycles. The number of rotatable bonds is 0. The minimum atomic E-state index is -4.83. The first-order valence-corrected chi connectivity index (χ1v) is 4.36. The molecule has 6 heteroatoms. The molecular formula is C8H12F3NO2. The van der Waals surface area contributed by atoms with Crippen molar-refractivity contribution in [3.8, 4) is 0 Å². The maximum absolute atomic E-state index is 12.0. The van der Waals surface area contributed by atoms with Crippen LogP contribution in [0.4, 0.5) is 13.2 Å². The van der Waals surface area contributed by atoms with E-state index < -0.39 is 18.2 Å². The fraction of sp³-hybridized carbons (Fsp3) is 0.875. The van der Waals surface area contributed by atoms with Crippen molar-refractivity contribution >= 4 is 5.91 Å². The minimum absolute atomic E-state index is 0.0488. The lowest BCUT2D eigenvalue weighted by atomic mass is 9.96. The second kappa shape index (κ2) is 3.76. The summed E-state index contributed by atoms with van der Waals surface area (Å²) in [6.45, 7) is 1.59. The van der Waals surface area contributed by atoms with Gasteiger partial charge in [-0.15, -0.1) is 0 Å². The second-order valence-corrected chi connectivity index (χ2v) is 3.58. The Bertz CT molecular complexity index is 229. The van der Waals surface area contributed by atoms with Gasteiger partial charge in [0.1, 0.15) is 0 Å². The number of nitrogens with zero attached hydrogens (tertiary/aromatic N) is 1. The van der Waals surface area contributed by atoms with Gasteiger partial charge in [-0.3, -0.25) is 4.79 Å². The Hall–Kier alpha value is -0.780. The number of β-amino-alcohol motifs (C(OH)–C–C–N with tert-alkyl or cyclic N) is 1. The number of amides is 1. The maximum Gasteiger partial charge on any atom is 0.471 e. The Morgan fingerprint density at radius 1 is 1.50 bits per heavy atom. The molecule has 0 saturated carbocycles. The molecule has 2 atom stereocenters. The highest BCUT2D eigenvalue weighted by Crippen LogP contribution is 2.23. The lowest BCUT2D eigenvalue weighted by molar-refractivity contribution is -0.188. The van der Waals surface area contributed by atoms with Gasteiger partial charge in [0.2, 0.25) is 0 Å². The van der Waals surface area contributed by atoms with E-state index in [2.05, 4.69) is 0 Å². The van der Waals surface area contributed by atoms with Crippen LogP contribution in [0.2, 0.25) is 0 Å². The van der Waals surface area contributed by atoms with Crippen molar-refractivity contribution in [3.63, 3.8) is 0 Å². The summed E-state index contributed by atoms with van der Waals surface area (Å²) >= 11 is 0. The van der Waals surface area contributed by atoms with Crippen molar-refractivity contribution < 1.29 is 23.1 Å². The number of aliphatic hydroxyl groups is 1. The monoisotopic (exact) mass is 211 g/mol. The molecule has 0 aliphatic carbocycles. The molecule has 1 heterocycles. The zero-order chi connectivity index (χ0) is 10.9. The van der Waals surface area contributed by atoms with Crippen molar-refractivity contribution in [2.75, 3.05) is 13.1 Å². The van der Waals surface area contributed by atoms with Gasteiger partial charge in [0.05, 0.1) is 6.10 Å². The first-order valence-electron chi connectivity index (χ1n) is 4.36. The average molecular weight is 211 g/mol. The summed E-state index contributed by atoms with van der Waals surface area (Å²) < 4.78 is 36.0. The molecule has 3 nitrogen and oxygen atoms in total. The van der Waals surface area contributed by atoms with Crippen molar-refractivity contribution in [2.24, 2.45) is 5.92 Å². The average Bonchev–Trinajstić information content (AvgIpc) is 2.07. The maximum atomic E-state index is 12.0. The molecule has 1 saturated heterocycles. The predicted molar refractivity (Wildman–Crippen MR) is 42.4 cm³/mol. The summed E-state index contributed by atoms with van der Waals surface area (Å²) in [5.41, 5.74) is 0. The van der Waals surface area contributed by atoms with Crippen LogP contribution in [0.25, 0.3) is 0 Å². The molecule has 1 aliphatic rings. The van der Waals surface area contributed by atoms with E-state index in [1.54, 1.807) is 6.92 Å². The highest BCUT2D eigenvalue weighted by Gasteiger charge is 2.44. The van der Waals surface area contributed by atoms with Crippen LogP contribution < -0.4 is 0 Å². The molecule has 0 aromatic rings. The van der Waals surface area contributed by atoms with E-state index in [4.69, 9.17) is 0 Å². The van der Waals surface area contributed by atoms with E-state index >= 15 is 0 Å². The van der Waals surface area contributed by atoms with Crippen LogP contribution in [0.5, 0.6) is 0 Å². The predicted octanol–water partition coefficient (Wildman–Crippen LogP) is 0.778. The zero-order valence-electron chi connectivity index (χ0n) is 7.71. The third kappa shape index (κ3) is 2.37. The molecule has 1 fully saturated rings. The summed E-state index contributed by atoms with van der Waals surface area (Å²) in [6.07, 6.45) is -5.28. The van der Waals surface area contributed by atoms with Gasteiger partial charge in [0.25, 0.3) is 0 Å². The topological polar surface area (TPSA) is 40.5 Å². The van der Waals surface area contributed by atoms with Crippen LogP contribution in [-0.4, -0.2) is 41.3 Å². The normalized spacial score (nSPS) is 29.1. The second-order valence-electron chi connectivity index (χ2n) is 3.58. The van der Waals surface area contributed by atoms with Crippen LogP contribution in [0, 0.1) is 5.92 Å². The van der Waals surface area contributed by atoms with Gasteiger partial charge in [-0.2, -0.15) is 13.2 Å². The van der Waals surface area contributed by atoms with Crippen molar-refractivity contribution in [2.45, 2.75) is 25.6 Å². The summed E-state index contributed by atoms with van der Waals surface area (Å²) in [7, 11) is 0. The molecule has 0 aromatic carbocycles. The Balaban J connectivity index is 2.59. The fourth-order valence-electron chi connectivity index (χ4n) is 1.41. The smallest absolute Gasteiger partial charge is 0.391 e. The number of hydrogen-bond donors (Lipinski definition) is 1. The highest BCUT2D eigenvalue weighted by molar-refractivity contribution is 5.81. The van der Waals surface area contributed by atoms with Crippen LogP contribution in [0.3, 0.4) is 0 Å². The molecule has 2 unspecified atom stereocenters. The molecule has 1 rings (SSSR count). The molecule has 14 heavy (non-hydrogen) atoms. The fourth-order valence-corrected chi connectivity index (χ4v) is 1.41. The quantitative estimate of drug-likeness (QED) is 0.643. The van der Waals surface area contributed by atoms with Crippen LogP contribution >= 0.6 is 0 Å². The van der Waals surface area contributed by atoms with E-state index in [-0.39, 0.29) is 19.0 Å². The van der Waals surface area contributed by atoms with E-state index in [0.29, 0.717) is 11.3 Å². The number of aliphatic hydroxyl groups excluding tert-OH is 1. The molecular weight excluding hydrogens is 199 g/mol. The number of carbonyl (C=O) groups excluding carboxylic acids is 1. The summed E-state index contributed by atoms with van der Waals surface area (Å²) in [6, 6.07) is 0. The number of halogens is 3. The molecule has 0 radical (unpaired) electrons. The third-order valence-corrected chi connectivity index (χ3v) is 2.45. The molecule has 1 amide bonds. The van der Waals surface area contributed by atoms with E-state index in [1.165, 1.54) is 0 Å². The van der Waals surface area contributed by atoms with Gasteiger partial charge < -0.3 is 10.0 Å². The largest absolute Gasteiger partial charge is 0.471 e. The van der Waals surface area contributed by atoms with Crippen molar-refractivity contribution in [1.82, 2.24) is 4.90 Å². The van der Waals surface area contributed by atoms with E-state index in [0.717, 1.165) is 0 Å². The number of piperidine rings is 1. The van der Waals surface area contributed by atoms with Gasteiger partial charge in [-0.1, -0.05) is 6.92 Å². The van der Waals surface area contributed by atoms with Crippen molar-refractivity contribution in [3.05, 3.63) is 0 Å². The summed E-state index contributed by atoms with van der Waals surface area (Å²) in [4.78, 5) is 11.4. The van der Waals surface area contributed by atoms with Gasteiger partial charge in [-0.25, -0.2) is 0 Å². The molecule has 1 aliphatic heterocycles. The number of carbonyl (C=O) groups is 1. The number of alkyl halides is 3. The van der Waals surface area contributed by atoms with Crippen molar-refractivity contribution in [1.29, 1.82) is 0 Å². The summed E-state index contributed by atoms with van der Waals surface area (Å²) in [5, 5.41) is 9.30.